The van der Waals surface area contributed by atoms with Crippen LogP contribution in [-0.2, 0) is 14.4 Å². The summed E-state index contributed by atoms with van der Waals surface area (Å²) in [4.78, 5) is 34.4. The number of nitrogens with one attached hydrogen (secondary N) is 2. The van der Waals surface area contributed by atoms with Gasteiger partial charge in [-0.3, -0.25) is 9.59 Å². The van der Waals surface area contributed by atoms with Crippen LogP contribution < -0.4 is 10.6 Å². The number of rotatable bonds is 9. The zero-order chi connectivity index (χ0) is 15.7. The molecule has 6 nitrogen and oxygen atoms in total. The van der Waals surface area contributed by atoms with Crippen LogP contribution in [0.25, 0.3) is 0 Å². The molecule has 1 fully saturated rings. The molecule has 1 saturated carbocycles. The molecule has 3 N–H and O–H groups in total. The summed E-state index contributed by atoms with van der Waals surface area (Å²) >= 11 is 0. The summed E-state index contributed by atoms with van der Waals surface area (Å²) < 4.78 is 0. The standard InChI is InChI=1S/C15H26N2O4/c1-2-3-8-12(15(20)21)17-14(19)10-16-13(18)9-11-6-4-5-7-11/h11-12H,2-10H2,1H3,(H,16,18)(H,17,19)(H,20,21)/t12-/m0/s1. The fourth-order valence-corrected chi connectivity index (χ4v) is 2.64. The van der Waals surface area contributed by atoms with E-state index in [2.05, 4.69) is 10.6 Å². The van der Waals surface area contributed by atoms with Crippen molar-refractivity contribution in [3.05, 3.63) is 0 Å². The van der Waals surface area contributed by atoms with Crippen molar-refractivity contribution in [2.45, 2.75) is 64.3 Å². The number of carbonyl (C=O) groups excluding carboxylic acids is 2. The first-order valence-corrected chi connectivity index (χ1v) is 7.81. The number of carboxylic acid groups (broad SMARTS) is 1. The molecule has 1 aliphatic carbocycles. The highest BCUT2D eigenvalue weighted by Gasteiger charge is 2.21. The maximum absolute atomic E-state index is 11.7. The molecule has 21 heavy (non-hydrogen) atoms. The highest BCUT2D eigenvalue weighted by atomic mass is 16.4. The normalized spacial score (nSPS) is 16.4. The average Bonchev–Trinajstić information content (AvgIpc) is 2.93. The topological polar surface area (TPSA) is 95.5 Å². The summed E-state index contributed by atoms with van der Waals surface area (Å²) in [5, 5.41) is 14.0. The molecule has 6 heteroatoms. The molecule has 0 heterocycles. The number of hydrogen-bond donors (Lipinski definition) is 3. The van der Waals surface area contributed by atoms with E-state index >= 15 is 0 Å². The maximum atomic E-state index is 11.7. The fraction of sp³-hybridized carbons (Fsp3) is 0.800. The van der Waals surface area contributed by atoms with Crippen molar-refractivity contribution in [2.75, 3.05) is 6.54 Å². The highest BCUT2D eigenvalue weighted by molar-refractivity contribution is 5.87. The summed E-state index contributed by atoms with van der Waals surface area (Å²) in [5.41, 5.74) is 0. The molecule has 0 unspecified atom stereocenters. The van der Waals surface area contributed by atoms with Crippen molar-refractivity contribution in [2.24, 2.45) is 5.92 Å². The van der Waals surface area contributed by atoms with Crippen LogP contribution in [0.2, 0.25) is 0 Å². The van der Waals surface area contributed by atoms with E-state index in [1.165, 1.54) is 12.8 Å². The lowest BCUT2D eigenvalue weighted by Crippen LogP contribution is -2.45. The van der Waals surface area contributed by atoms with Crippen molar-refractivity contribution < 1.29 is 19.5 Å². The van der Waals surface area contributed by atoms with Gasteiger partial charge in [-0.05, 0) is 25.2 Å². The Kier molecular flexibility index (Phi) is 7.79. The van der Waals surface area contributed by atoms with E-state index in [9.17, 15) is 14.4 Å². The molecule has 1 rings (SSSR count). The van der Waals surface area contributed by atoms with Crippen molar-refractivity contribution in [3.8, 4) is 0 Å². The predicted octanol–water partition coefficient (Wildman–Crippen LogP) is 1.44. The summed E-state index contributed by atoms with van der Waals surface area (Å²) in [7, 11) is 0. The van der Waals surface area contributed by atoms with Gasteiger partial charge in [-0.2, -0.15) is 0 Å². The van der Waals surface area contributed by atoms with Gasteiger partial charge in [0.25, 0.3) is 0 Å². The number of hydrogen-bond acceptors (Lipinski definition) is 3. The smallest absolute Gasteiger partial charge is 0.326 e. The van der Waals surface area contributed by atoms with E-state index < -0.39 is 17.9 Å². The van der Waals surface area contributed by atoms with Gasteiger partial charge < -0.3 is 15.7 Å². The molecule has 0 aromatic rings. The van der Waals surface area contributed by atoms with Crippen LogP contribution in [-0.4, -0.2) is 35.5 Å². The Morgan fingerprint density at radius 2 is 1.86 bits per heavy atom. The van der Waals surface area contributed by atoms with Crippen LogP contribution in [0.5, 0.6) is 0 Å². The lowest BCUT2D eigenvalue weighted by molar-refractivity contribution is -0.142. The van der Waals surface area contributed by atoms with E-state index in [0.717, 1.165) is 25.7 Å². The number of amides is 2. The third-order valence-electron chi connectivity index (χ3n) is 3.87. The third kappa shape index (κ3) is 7.11. The highest BCUT2D eigenvalue weighted by Crippen LogP contribution is 2.27. The Balaban J connectivity index is 2.24. The Hall–Kier alpha value is -1.59. The van der Waals surface area contributed by atoms with Crippen molar-refractivity contribution in [1.29, 1.82) is 0 Å². The van der Waals surface area contributed by atoms with Crippen LogP contribution in [0.4, 0.5) is 0 Å². The molecule has 0 aliphatic heterocycles. The second-order valence-corrected chi connectivity index (χ2v) is 5.73. The molecule has 0 spiro atoms. The Morgan fingerprint density at radius 1 is 1.19 bits per heavy atom. The van der Waals surface area contributed by atoms with Gasteiger partial charge in [-0.25, -0.2) is 4.79 Å². The summed E-state index contributed by atoms with van der Waals surface area (Å²) in [6.07, 6.45) is 7.00. The predicted molar refractivity (Wildman–Crippen MR) is 78.7 cm³/mol. The number of unbranched alkanes of at least 4 members (excludes halogenated alkanes) is 1. The van der Waals surface area contributed by atoms with Gasteiger partial charge in [0.05, 0.1) is 6.54 Å². The summed E-state index contributed by atoms with van der Waals surface area (Å²) in [6, 6.07) is -0.871. The van der Waals surface area contributed by atoms with Gasteiger partial charge in [0.2, 0.25) is 11.8 Å². The summed E-state index contributed by atoms with van der Waals surface area (Å²) in [6.45, 7) is 1.81. The number of aliphatic carboxylic acids is 1. The zero-order valence-corrected chi connectivity index (χ0v) is 12.7. The van der Waals surface area contributed by atoms with Crippen LogP contribution in [0.3, 0.4) is 0 Å². The fourth-order valence-electron chi connectivity index (χ4n) is 2.64. The largest absolute Gasteiger partial charge is 0.480 e. The lowest BCUT2D eigenvalue weighted by atomic mass is 10.0. The quantitative estimate of drug-likeness (QED) is 0.600. The first-order valence-electron chi connectivity index (χ1n) is 7.81. The second kappa shape index (κ2) is 9.37. The van der Waals surface area contributed by atoms with Gasteiger partial charge >= 0.3 is 5.97 Å². The van der Waals surface area contributed by atoms with Gasteiger partial charge in [0.15, 0.2) is 0 Å². The molecule has 0 saturated heterocycles. The van der Waals surface area contributed by atoms with E-state index in [1.807, 2.05) is 6.92 Å². The Morgan fingerprint density at radius 3 is 2.43 bits per heavy atom. The van der Waals surface area contributed by atoms with Gasteiger partial charge in [-0.1, -0.05) is 32.6 Å². The van der Waals surface area contributed by atoms with E-state index in [4.69, 9.17) is 5.11 Å². The monoisotopic (exact) mass is 298 g/mol. The second-order valence-electron chi connectivity index (χ2n) is 5.73. The van der Waals surface area contributed by atoms with E-state index in [1.54, 1.807) is 0 Å². The minimum absolute atomic E-state index is 0.127. The SMILES string of the molecule is CCCC[C@H](NC(=O)CNC(=O)CC1CCCC1)C(=O)O. The summed E-state index contributed by atoms with van der Waals surface area (Å²) in [5.74, 6) is -1.17. The van der Waals surface area contributed by atoms with E-state index in [0.29, 0.717) is 18.8 Å². The molecule has 2 amide bonds. The van der Waals surface area contributed by atoms with E-state index in [-0.39, 0.29) is 12.5 Å². The minimum atomic E-state index is -1.03. The Bertz CT molecular complexity index is 365. The number of carbonyl (C=O) groups is 3. The molecule has 120 valence electrons. The zero-order valence-electron chi connectivity index (χ0n) is 12.7. The van der Waals surface area contributed by atoms with Gasteiger partial charge in [-0.15, -0.1) is 0 Å². The van der Waals surface area contributed by atoms with Crippen molar-refractivity contribution >= 4 is 17.8 Å². The molecular weight excluding hydrogens is 272 g/mol. The maximum Gasteiger partial charge on any atom is 0.326 e. The van der Waals surface area contributed by atoms with Gasteiger partial charge in [0.1, 0.15) is 6.04 Å². The molecule has 0 aromatic carbocycles. The van der Waals surface area contributed by atoms with Crippen LogP contribution in [0.15, 0.2) is 0 Å². The van der Waals surface area contributed by atoms with Crippen LogP contribution in [0, 0.1) is 5.92 Å². The molecule has 0 bridgehead atoms. The van der Waals surface area contributed by atoms with Crippen molar-refractivity contribution in [3.63, 3.8) is 0 Å². The van der Waals surface area contributed by atoms with Crippen LogP contribution in [0.1, 0.15) is 58.3 Å². The molecule has 1 atom stereocenters. The first-order chi connectivity index (χ1) is 10.0. The molecular formula is C15H26N2O4. The minimum Gasteiger partial charge on any atom is -0.480 e. The van der Waals surface area contributed by atoms with Gasteiger partial charge in [0, 0.05) is 6.42 Å². The molecule has 1 aliphatic rings. The third-order valence-corrected chi connectivity index (χ3v) is 3.87. The Labute approximate surface area is 125 Å². The average molecular weight is 298 g/mol. The molecule has 0 radical (unpaired) electrons. The number of carboxylic acids is 1. The van der Waals surface area contributed by atoms with Crippen LogP contribution >= 0.6 is 0 Å². The lowest BCUT2D eigenvalue weighted by Gasteiger charge is -2.15. The van der Waals surface area contributed by atoms with Crippen molar-refractivity contribution in [1.82, 2.24) is 10.6 Å². The first kappa shape index (κ1) is 17.5. The molecule has 0 aromatic heterocycles.